The topological polar surface area (TPSA) is 78.9 Å². The van der Waals surface area contributed by atoms with E-state index in [9.17, 15) is 0 Å². The van der Waals surface area contributed by atoms with Gasteiger partial charge in [-0.25, -0.2) is 0 Å². The van der Waals surface area contributed by atoms with Crippen molar-refractivity contribution in [3.8, 4) is 11.4 Å². The van der Waals surface area contributed by atoms with Crippen LogP contribution in [-0.2, 0) is 23.6 Å². The van der Waals surface area contributed by atoms with E-state index in [-0.39, 0.29) is 0 Å². The fourth-order valence-electron chi connectivity index (χ4n) is 2.23. The highest BCUT2D eigenvalue weighted by molar-refractivity contribution is 7.98. The quantitative estimate of drug-likeness (QED) is 0.550. The number of nitrogens with zero attached hydrogens (tertiary/aromatic N) is 5. The highest BCUT2D eigenvalue weighted by Crippen LogP contribution is 2.24. The number of thioether (sulfide) groups is 1. The molecule has 0 saturated heterocycles. The first-order chi connectivity index (χ1) is 12.2. The Hall–Kier alpha value is -1.90. The lowest BCUT2D eigenvalue weighted by atomic mass is 10.2. The minimum atomic E-state index is 0.456. The van der Waals surface area contributed by atoms with Gasteiger partial charge in [0.1, 0.15) is 6.61 Å². The third kappa shape index (κ3) is 4.39. The van der Waals surface area contributed by atoms with Crippen molar-refractivity contribution in [3.05, 3.63) is 41.0 Å². The molecule has 132 valence electrons. The van der Waals surface area contributed by atoms with Crippen molar-refractivity contribution in [2.45, 2.75) is 37.9 Å². The molecule has 2 aromatic heterocycles. The minimum Gasteiger partial charge on any atom is -0.374 e. The van der Waals surface area contributed by atoms with Crippen molar-refractivity contribution >= 4 is 23.4 Å². The Morgan fingerprint density at radius 1 is 1.28 bits per heavy atom. The summed E-state index contributed by atoms with van der Waals surface area (Å²) in [6.45, 7) is 5.88. The van der Waals surface area contributed by atoms with Crippen LogP contribution in [0.2, 0.25) is 5.02 Å². The van der Waals surface area contributed by atoms with Gasteiger partial charge in [0, 0.05) is 23.7 Å². The molecule has 0 aliphatic carbocycles. The predicted octanol–water partition coefficient (Wildman–Crippen LogP) is 3.83. The molecular formula is C16H18ClN5O2S. The summed E-state index contributed by atoms with van der Waals surface area (Å²) < 4.78 is 12.8. The lowest BCUT2D eigenvalue weighted by molar-refractivity contribution is 0.125. The molecular weight excluding hydrogens is 362 g/mol. The molecule has 3 rings (SSSR count). The van der Waals surface area contributed by atoms with E-state index in [4.69, 9.17) is 20.9 Å². The molecule has 9 heteroatoms. The second kappa shape index (κ2) is 8.46. The lowest BCUT2D eigenvalue weighted by Crippen LogP contribution is -2.05. The molecule has 0 bridgehead atoms. The Morgan fingerprint density at radius 3 is 2.92 bits per heavy atom. The number of halogens is 1. The van der Waals surface area contributed by atoms with Gasteiger partial charge in [0.15, 0.2) is 11.0 Å². The molecule has 7 nitrogen and oxygen atoms in total. The van der Waals surface area contributed by atoms with Gasteiger partial charge in [-0.05, 0) is 26.0 Å². The van der Waals surface area contributed by atoms with Crippen molar-refractivity contribution in [2.24, 2.45) is 0 Å². The number of benzene rings is 1. The van der Waals surface area contributed by atoms with E-state index in [1.807, 2.05) is 30.5 Å². The average molecular weight is 380 g/mol. The Labute approximate surface area is 154 Å². The Balaban J connectivity index is 1.67. The number of rotatable bonds is 8. The zero-order valence-electron chi connectivity index (χ0n) is 14.0. The largest absolute Gasteiger partial charge is 0.374 e. The molecule has 1 aromatic carbocycles. The highest BCUT2D eigenvalue weighted by atomic mass is 35.5. The monoisotopic (exact) mass is 379 g/mol. The van der Waals surface area contributed by atoms with E-state index >= 15 is 0 Å². The third-order valence-electron chi connectivity index (χ3n) is 3.42. The molecule has 0 saturated carbocycles. The van der Waals surface area contributed by atoms with Gasteiger partial charge in [0.2, 0.25) is 11.7 Å². The van der Waals surface area contributed by atoms with Gasteiger partial charge in [-0.2, -0.15) is 4.98 Å². The molecule has 0 amide bonds. The van der Waals surface area contributed by atoms with Gasteiger partial charge < -0.3 is 13.8 Å². The van der Waals surface area contributed by atoms with Crippen molar-refractivity contribution in [2.75, 3.05) is 6.61 Å². The van der Waals surface area contributed by atoms with Crippen LogP contribution in [0, 0.1) is 0 Å². The smallest absolute Gasteiger partial charge is 0.237 e. The zero-order valence-corrected chi connectivity index (χ0v) is 15.5. The summed E-state index contributed by atoms with van der Waals surface area (Å²) in [6, 6.07) is 7.35. The number of hydrogen-bond acceptors (Lipinski definition) is 7. The van der Waals surface area contributed by atoms with E-state index < -0.39 is 0 Å². The maximum Gasteiger partial charge on any atom is 0.237 e. The van der Waals surface area contributed by atoms with Gasteiger partial charge in [-0.3, -0.25) is 0 Å². The van der Waals surface area contributed by atoms with E-state index in [0.29, 0.717) is 35.7 Å². The predicted molar refractivity (Wildman–Crippen MR) is 95.3 cm³/mol. The molecule has 0 radical (unpaired) electrons. The SMILES string of the molecule is CCOCc1nnc(SCc2nc(-c3cccc(Cl)c3)no2)n1CC. The van der Waals surface area contributed by atoms with Gasteiger partial charge in [0.05, 0.1) is 5.75 Å². The van der Waals surface area contributed by atoms with Crippen molar-refractivity contribution in [3.63, 3.8) is 0 Å². The minimum absolute atomic E-state index is 0.456. The third-order valence-corrected chi connectivity index (χ3v) is 4.61. The molecule has 0 aliphatic heterocycles. The Morgan fingerprint density at radius 2 is 2.16 bits per heavy atom. The first-order valence-corrected chi connectivity index (χ1v) is 9.28. The molecule has 25 heavy (non-hydrogen) atoms. The van der Waals surface area contributed by atoms with Crippen LogP contribution in [0.15, 0.2) is 33.9 Å². The van der Waals surface area contributed by atoms with Crippen LogP contribution in [0.1, 0.15) is 25.6 Å². The molecule has 0 unspecified atom stereocenters. The maximum atomic E-state index is 6.00. The Bertz CT molecular complexity index is 836. The van der Waals surface area contributed by atoms with Crippen molar-refractivity contribution in [1.82, 2.24) is 24.9 Å². The summed E-state index contributed by atoms with van der Waals surface area (Å²) in [5, 5.41) is 13.9. The average Bonchev–Trinajstić information content (AvgIpc) is 3.24. The molecule has 2 heterocycles. The normalized spacial score (nSPS) is 11.2. The number of ether oxygens (including phenoxy) is 1. The first kappa shape index (κ1) is 17.9. The first-order valence-electron chi connectivity index (χ1n) is 7.92. The van der Waals surface area contributed by atoms with E-state index in [1.165, 1.54) is 11.8 Å². The molecule has 0 aliphatic rings. The molecule has 0 fully saturated rings. The van der Waals surface area contributed by atoms with E-state index in [2.05, 4.69) is 20.3 Å². The van der Waals surface area contributed by atoms with Crippen LogP contribution in [0.5, 0.6) is 0 Å². The fraction of sp³-hybridized carbons (Fsp3) is 0.375. The number of aromatic nitrogens is 5. The standard InChI is InChI=1S/C16H18ClN5O2S/c1-3-22-13(9-23-4-2)19-20-16(22)25-10-14-18-15(21-24-14)11-6-5-7-12(17)8-11/h5-8H,3-4,9-10H2,1-2H3. The summed E-state index contributed by atoms with van der Waals surface area (Å²) in [4.78, 5) is 4.41. The van der Waals surface area contributed by atoms with Crippen LogP contribution in [0.4, 0.5) is 0 Å². The molecule has 0 atom stereocenters. The van der Waals surface area contributed by atoms with E-state index in [1.54, 1.807) is 12.1 Å². The summed E-state index contributed by atoms with van der Waals surface area (Å²) in [7, 11) is 0. The van der Waals surface area contributed by atoms with Crippen molar-refractivity contribution in [1.29, 1.82) is 0 Å². The van der Waals surface area contributed by atoms with Gasteiger partial charge >= 0.3 is 0 Å². The lowest BCUT2D eigenvalue weighted by Gasteiger charge is -2.06. The summed E-state index contributed by atoms with van der Waals surface area (Å²) in [6.07, 6.45) is 0. The summed E-state index contributed by atoms with van der Waals surface area (Å²) in [5.41, 5.74) is 0.822. The Kier molecular flexibility index (Phi) is 6.06. The van der Waals surface area contributed by atoms with Crippen LogP contribution >= 0.6 is 23.4 Å². The van der Waals surface area contributed by atoms with Gasteiger partial charge in [-0.1, -0.05) is 40.7 Å². The number of hydrogen-bond donors (Lipinski definition) is 0. The second-order valence-corrected chi connectivity index (χ2v) is 6.47. The van der Waals surface area contributed by atoms with Gasteiger partial charge in [0.25, 0.3) is 0 Å². The van der Waals surface area contributed by atoms with Crippen LogP contribution < -0.4 is 0 Å². The van der Waals surface area contributed by atoms with E-state index in [0.717, 1.165) is 23.1 Å². The van der Waals surface area contributed by atoms with Gasteiger partial charge in [-0.15, -0.1) is 10.2 Å². The fourth-order valence-corrected chi connectivity index (χ4v) is 3.28. The molecule has 0 spiro atoms. The molecule has 0 N–H and O–H groups in total. The summed E-state index contributed by atoms with van der Waals surface area (Å²) >= 11 is 7.50. The van der Waals surface area contributed by atoms with Crippen LogP contribution in [-0.4, -0.2) is 31.5 Å². The summed E-state index contributed by atoms with van der Waals surface area (Å²) in [5.74, 6) is 2.38. The van der Waals surface area contributed by atoms with Crippen LogP contribution in [0.25, 0.3) is 11.4 Å². The zero-order chi connectivity index (χ0) is 17.6. The maximum absolute atomic E-state index is 6.00. The second-order valence-electron chi connectivity index (χ2n) is 5.09. The molecule has 3 aromatic rings. The highest BCUT2D eigenvalue weighted by Gasteiger charge is 2.14. The van der Waals surface area contributed by atoms with Crippen LogP contribution in [0.3, 0.4) is 0 Å². The van der Waals surface area contributed by atoms with Crippen molar-refractivity contribution < 1.29 is 9.26 Å².